The van der Waals surface area contributed by atoms with Gasteiger partial charge in [0, 0.05) is 24.9 Å². The molecule has 6 rings (SSSR count). The van der Waals surface area contributed by atoms with Crippen molar-refractivity contribution < 1.29 is 19.0 Å². The van der Waals surface area contributed by atoms with Crippen LogP contribution in [0.15, 0.2) is 91.0 Å². The van der Waals surface area contributed by atoms with Gasteiger partial charge in [0.05, 0.1) is 18.2 Å². The summed E-state index contributed by atoms with van der Waals surface area (Å²) in [4.78, 5) is 16.5. The molecule has 1 aliphatic carbocycles. The second kappa shape index (κ2) is 13.1. The lowest BCUT2D eigenvalue weighted by molar-refractivity contribution is -0.142. The van der Waals surface area contributed by atoms with Gasteiger partial charge in [-0.05, 0) is 66.3 Å². The number of fused-ring (bicyclic) bond motifs is 1. The molecule has 0 bridgehead atoms. The summed E-state index contributed by atoms with van der Waals surface area (Å²) >= 11 is 0. The fourth-order valence-electron chi connectivity index (χ4n) is 6.00. The fraction of sp³-hybridized carbons (Fsp3) is 0.306. The molecule has 0 atom stereocenters. The van der Waals surface area contributed by atoms with Crippen molar-refractivity contribution >= 4 is 16.9 Å². The van der Waals surface area contributed by atoms with Gasteiger partial charge >= 0.3 is 5.97 Å². The van der Waals surface area contributed by atoms with E-state index in [-0.39, 0.29) is 5.97 Å². The van der Waals surface area contributed by atoms with Gasteiger partial charge in [-0.1, -0.05) is 72.8 Å². The molecule has 0 saturated heterocycles. The maximum atomic E-state index is 11.7. The van der Waals surface area contributed by atoms with E-state index in [1.54, 1.807) is 0 Å². The van der Waals surface area contributed by atoms with Crippen LogP contribution in [-0.4, -0.2) is 27.8 Å². The topological polar surface area (TPSA) is 75.5 Å². The monoisotopic (exact) mass is 575 g/mol. The highest BCUT2D eigenvalue weighted by molar-refractivity contribution is 5.95. The number of aromatic nitrogens is 3. The minimum absolute atomic E-state index is 0.107. The van der Waals surface area contributed by atoms with Crippen molar-refractivity contribution in [3.05, 3.63) is 108 Å². The van der Waals surface area contributed by atoms with Gasteiger partial charge in [-0.15, -0.1) is 0 Å². The minimum atomic E-state index is -0.107. The molecule has 5 aromatic rings. The Hall–Kier alpha value is -4.65. The van der Waals surface area contributed by atoms with Crippen molar-refractivity contribution in [3.63, 3.8) is 0 Å². The van der Waals surface area contributed by atoms with Crippen molar-refractivity contribution in [2.24, 2.45) is 13.0 Å². The van der Waals surface area contributed by atoms with E-state index < -0.39 is 0 Å². The van der Waals surface area contributed by atoms with Crippen LogP contribution in [0.5, 0.6) is 11.8 Å². The Kier molecular flexibility index (Phi) is 8.68. The lowest BCUT2D eigenvalue weighted by Crippen LogP contribution is -2.17. The van der Waals surface area contributed by atoms with Crippen LogP contribution < -0.4 is 9.47 Å². The van der Waals surface area contributed by atoms with E-state index in [1.165, 1.54) is 12.7 Å². The van der Waals surface area contributed by atoms with Crippen molar-refractivity contribution in [2.45, 2.75) is 51.2 Å². The van der Waals surface area contributed by atoms with Crippen LogP contribution in [0.2, 0.25) is 0 Å². The highest BCUT2D eigenvalue weighted by Crippen LogP contribution is 2.40. The summed E-state index contributed by atoms with van der Waals surface area (Å²) in [6.07, 6.45) is 4.75. The first-order valence-electron chi connectivity index (χ1n) is 15.0. The zero-order valence-corrected chi connectivity index (χ0v) is 24.7. The van der Waals surface area contributed by atoms with Crippen LogP contribution >= 0.6 is 0 Å². The molecule has 0 aliphatic heterocycles. The Labute approximate surface area is 252 Å². The summed E-state index contributed by atoms with van der Waals surface area (Å²) in [6.45, 7) is 0.807. The molecule has 0 spiro atoms. The number of esters is 1. The number of carbonyl (C=O) groups excluding carboxylic acids is 1. The molecule has 2 heterocycles. The Morgan fingerprint density at radius 1 is 0.837 bits per heavy atom. The summed E-state index contributed by atoms with van der Waals surface area (Å²) in [5.74, 6) is 1.77. The molecule has 43 heavy (non-hydrogen) atoms. The summed E-state index contributed by atoms with van der Waals surface area (Å²) in [7, 11) is 3.45. The third-order valence-corrected chi connectivity index (χ3v) is 8.41. The number of methoxy groups -OCH3 is 1. The normalized spacial score (nSPS) is 16.6. The lowest BCUT2D eigenvalue weighted by Gasteiger charge is -2.28. The molecule has 0 N–H and O–H groups in total. The first kappa shape index (κ1) is 28.5. The summed E-state index contributed by atoms with van der Waals surface area (Å²) in [6, 6.07) is 30.7. The molecule has 1 aliphatic rings. The Morgan fingerprint density at radius 2 is 1.51 bits per heavy atom. The molecule has 0 radical (unpaired) electrons. The van der Waals surface area contributed by atoms with Gasteiger partial charge in [-0.3, -0.25) is 9.48 Å². The quantitative estimate of drug-likeness (QED) is 0.159. The Morgan fingerprint density at radius 3 is 2.19 bits per heavy atom. The molecule has 0 amide bonds. The van der Waals surface area contributed by atoms with Gasteiger partial charge in [-0.25, -0.2) is 0 Å². The van der Waals surface area contributed by atoms with Crippen LogP contribution in [0.3, 0.4) is 0 Å². The maximum absolute atomic E-state index is 11.7. The van der Waals surface area contributed by atoms with Crippen LogP contribution in [-0.2, 0) is 29.8 Å². The molecule has 1 fully saturated rings. The number of carbonyl (C=O) groups is 1. The molecule has 1 saturated carbocycles. The number of rotatable bonds is 10. The molecule has 2 aromatic heterocycles. The number of hydrogen-bond donors (Lipinski definition) is 0. The fourth-order valence-corrected chi connectivity index (χ4v) is 6.00. The Balaban J connectivity index is 1.26. The second-order valence-electron chi connectivity index (χ2n) is 11.3. The van der Waals surface area contributed by atoms with Gasteiger partial charge in [0.2, 0.25) is 11.8 Å². The summed E-state index contributed by atoms with van der Waals surface area (Å²) in [5.41, 5.74) is 6.18. The van der Waals surface area contributed by atoms with Crippen LogP contribution in [0.25, 0.3) is 22.2 Å². The highest BCUT2D eigenvalue weighted by atomic mass is 16.5. The molecule has 220 valence electrons. The average Bonchev–Trinajstić information content (AvgIpc) is 3.39. The van der Waals surface area contributed by atoms with Gasteiger partial charge in [0.1, 0.15) is 18.9 Å². The zero-order chi connectivity index (χ0) is 29.6. The molecular weight excluding hydrogens is 538 g/mol. The van der Waals surface area contributed by atoms with E-state index in [0.29, 0.717) is 43.2 Å². The Bertz CT molecular complexity index is 1680. The number of ether oxygens (including phenoxy) is 3. The highest BCUT2D eigenvalue weighted by Gasteiger charge is 2.25. The van der Waals surface area contributed by atoms with E-state index in [2.05, 4.69) is 18.2 Å². The molecule has 7 nitrogen and oxygen atoms in total. The van der Waals surface area contributed by atoms with E-state index in [1.807, 2.05) is 84.5 Å². The van der Waals surface area contributed by atoms with Crippen molar-refractivity contribution in [1.82, 2.24) is 14.8 Å². The summed E-state index contributed by atoms with van der Waals surface area (Å²) in [5, 5.41) is 5.99. The number of benzene rings is 3. The predicted molar refractivity (Wildman–Crippen MR) is 167 cm³/mol. The largest absolute Gasteiger partial charge is 0.473 e. The van der Waals surface area contributed by atoms with Gasteiger partial charge in [-0.2, -0.15) is 10.1 Å². The zero-order valence-electron chi connectivity index (χ0n) is 24.7. The van der Waals surface area contributed by atoms with Crippen molar-refractivity contribution in [2.75, 3.05) is 7.11 Å². The van der Waals surface area contributed by atoms with E-state index in [4.69, 9.17) is 24.3 Å². The molecule has 3 aromatic carbocycles. The van der Waals surface area contributed by atoms with E-state index in [0.717, 1.165) is 59.0 Å². The number of hydrogen-bond acceptors (Lipinski definition) is 6. The van der Waals surface area contributed by atoms with Gasteiger partial charge in [0.25, 0.3) is 0 Å². The van der Waals surface area contributed by atoms with Crippen LogP contribution in [0.1, 0.15) is 54.7 Å². The standard InChI is InChI=1S/C36H37N3O4/c1-39-32-22-29(28-15-13-25(14-16-28)21-34(40)41-2)17-18-30(32)35(38-39)31-19-20-33(42-23-26-9-5-3-6-10-26)37-36(31)43-24-27-11-7-4-8-12-27/h3-12,17-20,22,25,28H,13-16,21,23-24H2,1-2H3. The predicted octanol–water partition coefficient (Wildman–Crippen LogP) is 7.63. The van der Waals surface area contributed by atoms with Gasteiger partial charge in [0.15, 0.2) is 0 Å². The van der Waals surface area contributed by atoms with Crippen LogP contribution in [0, 0.1) is 5.92 Å². The van der Waals surface area contributed by atoms with Gasteiger partial charge < -0.3 is 14.2 Å². The van der Waals surface area contributed by atoms with Crippen molar-refractivity contribution in [3.8, 4) is 23.0 Å². The third-order valence-electron chi connectivity index (χ3n) is 8.41. The maximum Gasteiger partial charge on any atom is 0.305 e. The summed E-state index contributed by atoms with van der Waals surface area (Å²) < 4.78 is 19.2. The van der Waals surface area contributed by atoms with Crippen LogP contribution in [0.4, 0.5) is 0 Å². The SMILES string of the molecule is COC(=O)CC1CCC(c2ccc3c(-c4ccc(OCc5ccccc5)nc4OCc4ccccc4)nn(C)c3c2)CC1. The smallest absolute Gasteiger partial charge is 0.305 e. The number of pyridine rings is 1. The lowest BCUT2D eigenvalue weighted by atomic mass is 9.77. The van der Waals surface area contributed by atoms with Crippen molar-refractivity contribution in [1.29, 1.82) is 0 Å². The molecular formula is C36H37N3O4. The first-order valence-corrected chi connectivity index (χ1v) is 15.0. The number of aryl methyl sites for hydroxylation is 1. The second-order valence-corrected chi connectivity index (χ2v) is 11.3. The molecule has 0 unspecified atom stereocenters. The van der Waals surface area contributed by atoms with E-state index >= 15 is 0 Å². The number of nitrogens with zero attached hydrogens (tertiary/aromatic N) is 3. The third kappa shape index (κ3) is 6.72. The molecule has 7 heteroatoms. The first-order chi connectivity index (χ1) is 21.1. The average molecular weight is 576 g/mol. The van der Waals surface area contributed by atoms with E-state index in [9.17, 15) is 4.79 Å². The minimum Gasteiger partial charge on any atom is -0.473 e.